The van der Waals surface area contributed by atoms with E-state index in [0.29, 0.717) is 11.0 Å². The van der Waals surface area contributed by atoms with Gasteiger partial charge in [-0.05, 0) is 40.5 Å². The SMILES string of the molecule is CC1(C)CCC(NC(=O)C[N+](C)(C)Cc2ccccc2)C(C)(C)N1[O]. The number of nitrogens with zero attached hydrogens (tertiary/aromatic N) is 2. The number of likely N-dealkylation sites (N-methyl/N-ethyl adjacent to an activating group) is 1. The van der Waals surface area contributed by atoms with Crippen molar-refractivity contribution >= 4 is 5.91 Å². The zero-order valence-corrected chi connectivity index (χ0v) is 16.5. The summed E-state index contributed by atoms with van der Waals surface area (Å²) in [5.41, 5.74) is 0.229. The molecule has 2 rings (SSSR count). The molecule has 0 saturated carbocycles. The third-order valence-electron chi connectivity index (χ3n) is 5.33. The Labute approximate surface area is 152 Å². The highest BCUT2D eigenvalue weighted by molar-refractivity contribution is 5.77. The van der Waals surface area contributed by atoms with Gasteiger partial charge in [-0.3, -0.25) is 4.79 Å². The molecule has 1 aliphatic heterocycles. The molecule has 1 atom stereocenters. The number of hydroxylamine groups is 2. The predicted molar refractivity (Wildman–Crippen MR) is 99.0 cm³/mol. The van der Waals surface area contributed by atoms with Gasteiger partial charge in [0.2, 0.25) is 0 Å². The molecule has 25 heavy (non-hydrogen) atoms. The van der Waals surface area contributed by atoms with E-state index in [1.165, 1.54) is 10.6 Å². The van der Waals surface area contributed by atoms with Crippen molar-refractivity contribution in [2.75, 3.05) is 20.6 Å². The molecule has 1 aliphatic rings. The second-order valence-electron chi connectivity index (χ2n) is 9.16. The number of quaternary nitrogens is 1. The summed E-state index contributed by atoms with van der Waals surface area (Å²) in [5.74, 6) is 0.00659. The average molecular weight is 348 g/mol. The normalized spacial score (nSPS) is 23.2. The van der Waals surface area contributed by atoms with Gasteiger partial charge < -0.3 is 9.80 Å². The van der Waals surface area contributed by atoms with E-state index in [9.17, 15) is 10.0 Å². The standard InChI is InChI=1S/C20H32N3O2/c1-19(2)13-12-17(20(3,4)22(19)25)21-18(24)15-23(5,6)14-16-10-8-7-9-11-16/h7-11,17H,12-15H2,1-6H3/p+1. The van der Waals surface area contributed by atoms with Crippen molar-refractivity contribution in [1.82, 2.24) is 10.4 Å². The van der Waals surface area contributed by atoms with Crippen molar-refractivity contribution in [2.45, 2.75) is 64.2 Å². The summed E-state index contributed by atoms with van der Waals surface area (Å²) in [4.78, 5) is 12.6. The summed E-state index contributed by atoms with van der Waals surface area (Å²) in [6.45, 7) is 8.98. The number of nitrogens with one attached hydrogen (secondary N) is 1. The van der Waals surface area contributed by atoms with Crippen molar-refractivity contribution in [1.29, 1.82) is 0 Å². The number of hydrogen-bond acceptors (Lipinski definition) is 2. The average Bonchev–Trinajstić information content (AvgIpc) is 2.49. The zero-order chi connectivity index (χ0) is 18.9. The first-order chi connectivity index (χ1) is 11.4. The molecule has 139 valence electrons. The first-order valence-corrected chi connectivity index (χ1v) is 9.07. The van der Waals surface area contributed by atoms with Gasteiger partial charge in [-0.15, -0.1) is 10.3 Å². The maximum absolute atomic E-state index is 12.6. The van der Waals surface area contributed by atoms with Gasteiger partial charge in [-0.2, -0.15) is 0 Å². The largest absolute Gasteiger partial charge is 0.347 e. The van der Waals surface area contributed by atoms with E-state index >= 15 is 0 Å². The lowest BCUT2D eigenvalue weighted by Gasteiger charge is -2.51. The molecule has 1 radical (unpaired) electrons. The first kappa shape index (κ1) is 19.9. The van der Waals surface area contributed by atoms with Crippen LogP contribution in [-0.2, 0) is 16.5 Å². The monoisotopic (exact) mass is 347 g/mol. The zero-order valence-electron chi connectivity index (χ0n) is 16.5. The molecule has 1 fully saturated rings. The highest BCUT2D eigenvalue weighted by atomic mass is 16.5. The van der Waals surface area contributed by atoms with Gasteiger partial charge >= 0.3 is 0 Å². The second kappa shape index (κ2) is 7.06. The van der Waals surface area contributed by atoms with Crippen molar-refractivity contribution in [3.63, 3.8) is 0 Å². The molecule has 5 heteroatoms. The Balaban J connectivity index is 1.97. The second-order valence-corrected chi connectivity index (χ2v) is 9.16. The molecule has 1 aromatic rings. The quantitative estimate of drug-likeness (QED) is 0.833. The van der Waals surface area contributed by atoms with Gasteiger partial charge in [0.1, 0.15) is 6.54 Å². The summed E-state index contributed by atoms with van der Waals surface area (Å²) in [5, 5.41) is 16.9. The fraction of sp³-hybridized carbons (Fsp3) is 0.650. The minimum absolute atomic E-state index is 0.00659. The van der Waals surface area contributed by atoms with E-state index in [1.54, 1.807) is 0 Å². The van der Waals surface area contributed by atoms with Crippen LogP contribution in [0.2, 0.25) is 0 Å². The number of amides is 1. The minimum Gasteiger partial charge on any atom is -0.347 e. The van der Waals surface area contributed by atoms with Gasteiger partial charge in [0.05, 0.1) is 19.6 Å². The number of rotatable bonds is 5. The van der Waals surface area contributed by atoms with E-state index in [-0.39, 0.29) is 17.5 Å². The molecular weight excluding hydrogens is 314 g/mol. The number of carbonyl (C=O) groups is 1. The van der Waals surface area contributed by atoms with Gasteiger partial charge in [0.15, 0.2) is 6.54 Å². The van der Waals surface area contributed by atoms with Crippen molar-refractivity contribution < 1.29 is 14.5 Å². The summed E-state index contributed by atoms with van der Waals surface area (Å²) in [7, 11) is 4.11. The molecule has 1 unspecified atom stereocenters. The predicted octanol–water partition coefficient (Wildman–Crippen LogP) is 2.75. The Kier molecular flexibility index (Phi) is 5.62. The number of benzene rings is 1. The highest BCUT2D eigenvalue weighted by Crippen LogP contribution is 2.37. The lowest BCUT2D eigenvalue weighted by Crippen LogP contribution is -2.67. The lowest BCUT2D eigenvalue weighted by atomic mass is 9.78. The van der Waals surface area contributed by atoms with E-state index in [0.717, 1.165) is 19.4 Å². The van der Waals surface area contributed by atoms with Crippen LogP contribution in [0.4, 0.5) is 0 Å². The Morgan fingerprint density at radius 3 is 2.40 bits per heavy atom. The van der Waals surface area contributed by atoms with Crippen molar-refractivity contribution in [3.05, 3.63) is 35.9 Å². The van der Waals surface area contributed by atoms with Gasteiger partial charge in [-0.25, -0.2) is 0 Å². The van der Waals surface area contributed by atoms with Crippen LogP contribution in [0.5, 0.6) is 0 Å². The summed E-state index contributed by atoms with van der Waals surface area (Å²) < 4.78 is 0.579. The topological polar surface area (TPSA) is 52.2 Å². The Morgan fingerprint density at radius 1 is 1.20 bits per heavy atom. The molecule has 0 aliphatic carbocycles. The van der Waals surface area contributed by atoms with Gasteiger partial charge in [0.25, 0.3) is 5.91 Å². The van der Waals surface area contributed by atoms with Crippen LogP contribution in [0.25, 0.3) is 0 Å². The smallest absolute Gasteiger partial charge is 0.275 e. The molecule has 0 aromatic heterocycles. The first-order valence-electron chi connectivity index (χ1n) is 9.07. The van der Waals surface area contributed by atoms with Crippen LogP contribution in [-0.4, -0.2) is 53.2 Å². The molecule has 0 spiro atoms. The Bertz CT molecular complexity index is 596. The highest BCUT2D eigenvalue weighted by Gasteiger charge is 2.48. The molecule has 1 N–H and O–H groups in total. The molecular formula is C20H33N3O2+. The third kappa shape index (κ3) is 4.81. The van der Waals surface area contributed by atoms with E-state index in [1.807, 2.05) is 45.9 Å². The van der Waals surface area contributed by atoms with Crippen LogP contribution in [0, 0.1) is 0 Å². The Hall–Kier alpha value is -1.43. The maximum Gasteiger partial charge on any atom is 0.275 e. The molecule has 1 aromatic carbocycles. The summed E-state index contributed by atoms with van der Waals surface area (Å²) >= 11 is 0. The Morgan fingerprint density at radius 2 is 1.80 bits per heavy atom. The maximum atomic E-state index is 12.6. The number of piperidine rings is 1. The summed E-state index contributed by atoms with van der Waals surface area (Å²) in [6, 6.07) is 10.1. The lowest BCUT2D eigenvalue weighted by molar-refractivity contribution is -0.895. The molecule has 1 heterocycles. The van der Waals surface area contributed by atoms with Gasteiger partial charge in [-0.1, -0.05) is 30.3 Å². The van der Waals surface area contributed by atoms with Crippen LogP contribution >= 0.6 is 0 Å². The van der Waals surface area contributed by atoms with Crippen molar-refractivity contribution in [2.24, 2.45) is 0 Å². The number of hydrogen-bond donors (Lipinski definition) is 1. The minimum atomic E-state index is -0.603. The van der Waals surface area contributed by atoms with E-state index in [2.05, 4.69) is 31.5 Å². The fourth-order valence-electron chi connectivity index (χ4n) is 3.89. The summed E-state index contributed by atoms with van der Waals surface area (Å²) in [6.07, 6.45) is 1.61. The molecule has 1 amide bonds. The number of carbonyl (C=O) groups excluding carboxylic acids is 1. The van der Waals surface area contributed by atoms with Crippen molar-refractivity contribution in [3.8, 4) is 0 Å². The van der Waals surface area contributed by atoms with Crippen LogP contribution < -0.4 is 5.32 Å². The van der Waals surface area contributed by atoms with Crippen LogP contribution in [0.15, 0.2) is 30.3 Å². The third-order valence-corrected chi connectivity index (χ3v) is 5.33. The van der Waals surface area contributed by atoms with Gasteiger partial charge in [0, 0.05) is 17.1 Å². The molecule has 1 saturated heterocycles. The molecule has 5 nitrogen and oxygen atoms in total. The molecule has 0 bridgehead atoms. The fourth-order valence-corrected chi connectivity index (χ4v) is 3.89. The van der Waals surface area contributed by atoms with Crippen LogP contribution in [0.3, 0.4) is 0 Å². The van der Waals surface area contributed by atoms with E-state index < -0.39 is 5.54 Å². The van der Waals surface area contributed by atoms with Crippen LogP contribution in [0.1, 0.15) is 46.1 Å². The van der Waals surface area contributed by atoms with E-state index in [4.69, 9.17) is 0 Å².